The fraction of sp³-hybridized carbons (Fsp3) is 0.409. The summed E-state index contributed by atoms with van der Waals surface area (Å²) >= 11 is 0. The first-order valence-corrected chi connectivity index (χ1v) is 10.4. The third-order valence-electron chi connectivity index (χ3n) is 6.21. The van der Waals surface area contributed by atoms with Crippen molar-refractivity contribution in [2.75, 3.05) is 37.6 Å². The van der Waals surface area contributed by atoms with Crippen LogP contribution in [0.2, 0.25) is 0 Å². The fourth-order valence-electron chi connectivity index (χ4n) is 4.48. The van der Waals surface area contributed by atoms with Gasteiger partial charge in [-0.15, -0.1) is 0 Å². The zero-order valence-electron chi connectivity index (χ0n) is 17.0. The Morgan fingerprint density at radius 3 is 2.27 bits per heavy atom. The topological polar surface area (TPSA) is 132 Å². The monoisotopic (exact) mass is 408 g/mol. The fourth-order valence-corrected chi connectivity index (χ4v) is 4.48. The van der Waals surface area contributed by atoms with Crippen molar-refractivity contribution in [3.63, 3.8) is 0 Å². The maximum atomic E-state index is 13.0. The Morgan fingerprint density at radius 1 is 0.933 bits per heavy atom. The number of amides is 2. The van der Waals surface area contributed by atoms with Crippen LogP contribution in [0.5, 0.6) is 0 Å². The summed E-state index contributed by atoms with van der Waals surface area (Å²) < 4.78 is 0. The van der Waals surface area contributed by atoms with Gasteiger partial charge in [-0.2, -0.15) is 0 Å². The molecule has 2 fully saturated rings. The van der Waals surface area contributed by atoms with Crippen LogP contribution in [0.15, 0.2) is 30.5 Å². The second-order valence-corrected chi connectivity index (χ2v) is 8.09. The average molecular weight is 409 g/mol. The lowest BCUT2D eigenvalue weighted by Gasteiger charge is -2.36. The normalized spacial score (nSPS) is 17.9. The first kappa shape index (κ1) is 20.2. The Hall–Kier alpha value is -3.13. The SMILES string of the molecule is NC(=O)c1cc(-c2ccc(C(=O)N3CCC(N4CCCC4)CC3)c(N)c2)cnc1N. The Labute approximate surface area is 176 Å². The largest absolute Gasteiger partial charge is 0.398 e. The van der Waals surface area contributed by atoms with Crippen molar-refractivity contribution in [2.45, 2.75) is 31.7 Å². The van der Waals surface area contributed by atoms with Crippen molar-refractivity contribution >= 4 is 23.3 Å². The van der Waals surface area contributed by atoms with Crippen LogP contribution in [-0.2, 0) is 0 Å². The molecule has 8 nitrogen and oxygen atoms in total. The van der Waals surface area contributed by atoms with Gasteiger partial charge in [0.25, 0.3) is 11.8 Å². The second kappa shape index (κ2) is 8.31. The van der Waals surface area contributed by atoms with E-state index in [0.717, 1.165) is 31.5 Å². The van der Waals surface area contributed by atoms with Crippen molar-refractivity contribution < 1.29 is 9.59 Å². The van der Waals surface area contributed by atoms with E-state index in [-0.39, 0.29) is 17.3 Å². The van der Waals surface area contributed by atoms with Gasteiger partial charge in [-0.1, -0.05) is 6.07 Å². The molecule has 1 aromatic carbocycles. The molecule has 4 rings (SSSR count). The number of rotatable bonds is 4. The van der Waals surface area contributed by atoms with Crippen molar-refractivity contribution in [1.29, 1.82) is 0 Å². The van der Waals surface area contributed by atoms with Gasteiger partial charge >= 0.3 is 0 Å². The quantitative estimate of drug-likeness (QED) is 0.660. The number of nitrogens with zero attached hydrogens (tertiary/aromatic N) is 3. The van der Waals surface area contributed by atoms with E-state index in [4.69, 9.17) is 17.2 Å². The third-order valence-corrected chi connectivity index (χ3v) is 6.21. The number of carbonyl (C=O) groups excluding carboxylic acids is 2. The molecule has 8 heteroatoms. The Morgan fingerprint density at radius 2 is 1.63 bits per heavy atom. The summed E-state index contributed by atoms with van der Waals surface area (Å²) in [7, 11) is 0. The zero-order valence-corrected chi connectivity index (χ0v) is 17.0. The Bertz CT molecular complexity index is 962. The number of nitrogens with two attached hydrogens (primary N) is 3. The van der Waals surface area contributed by atoms with Crippen LogP contribution in [0.4, 0.5) is 11.5 Å². The molecule has 30 heavy (non-hydrogen) atoms. The molecule has 2 aromatic rings. The summed E-state index contributed by atoms with van der Waals surface area (Å²) in [6, 6.07) is 7.44. The van der Waals surface area contributed by atoms with E-state index in [0.29, 0.717) is 22.9 Å². The summed E-state index contributed by atoms with van der Waals surface area (Å²) in [5, 5.41) is 0. The van der Waals surface area contributed by atoms with Crippen LogP contribution in [0.1, 0.15) is 46.4 Å². The van der Waals surface area contributed by atoms with Crippen LogP contribution in [0.3, 0.4) is 0 Å². The number of hydrogen-bond donors (Lipinski definition) is 3. The molecular formula is C22H28N6O2. The van der Waals surface area contributed by atoms with E-state index in [1.165, 1.54) is 25.9 Å². The summed E-state index contributed by atoms with van der Waals surface area (Å²) in [5.74, 6) is -0.588. The van der Waals surface area contributed by atoms with E-state index in [9.17, 15) is 9.59 Å². The van der Waals surface area contributed by atoms with Gasteiger partial charge in [0, 0.05) is 36.6 Å². The summed E-state index contributed by atoms with van der Waals surface area (Å²) in [5.41, 5.74) is 19.7. The summed E-state index contributed by atoms with van der Waals surface area (Å²) in [6.45, 7) is 3.88. The van der Waals surface area contributed by atoms with Gasteiger partial charge in [0.15, 0.2) is 0 Å². The molecule has 1 aromatic heterocycles. The molecular weight excluding hydrogens is 380 g/mol. The molecule has 0 atom stereocenters. The van der Waals surface area contributed by atoms with Crippen LogP contribution < -0.4 is 17.2 Å². The highest BCUT2D eigenvalue weighted by molar-refractivity contribution is 6.01. The smallest absolute Gasteiger partial charge is 0.255 e. The molecule has 0 spiro atoms. The number of anilines is 2. The zero-order chi connectivity index (χ0) is 21.3. The molecule has 3 heterocycles. The van der Waals surface area contributed by atoms with Gasteiger partial charge in [0.1, 0.15) is 5.82 Å². The molecule has 0 aliphatic carbocycles. The summed E-state index contributed by atoms with van der Waals surface area (Å²) in [6.07, 6.45) is 6.15. The highest BCUT2D eigenvalue weighted by atomic mass is 16.2. The Kier molecular flexibility index (Phi) is 5.59. The van der Waals surface area contributed by atoms with Crippen molar-refractivity contribution in [1.82, 2.24) is 14.8 Å². The number of carbonyl (C=O) groups is 2. The molecule has 2 saturated heterocycles. The van der Waals surface area contributed by atoms with E-state index in [1.807, 2.05) is 4.90 Å². The van der Waals surface area contributed by atoms with Crippen molar-refractivity contribution in [3.8, 4) is 11.1 Å². The molecule has 6 N–H and O–H groups in total. The highest BCUT2D eigenvalue weighted by Gasteiger charge is 2.29. The average Bonchev–Trinajstić information content (AvgIpc) is 3.28. The van der Waals surface area contributed by atoms with Gasteiger partial charge in [0.2, 0.25) is 0 Å². The molecule has 0 bridgehead atoms. The number of primary amides is 1. The van der Waals surface area contributed by atoms with Crippen LogP contribution in [0.25, 0.3) is 11.1 Å². The van der Waals surface area contributed by atoms with E-state index in [1.54, 1.807) is 30.5 Å². The van der Waals surface area contributed by atoms with Gasteiger partial charge in [-0.3, -0.25) is 9.59 Å². The van der Waals surface area contributed by atoms with Gasteiger partial charge in [0.05, 0.1) is 11.1 Å². The number of nitrogen functional groups attached to an aromatic ring is 2. The molecule has 0 saturated carbocycles. The van der Waals surface area contributed by atoms with Gasteiger partial charge in [-0.25, -0.2) is 4.98 Å². The highest BCUT2D eigenvalue weighted by Crippen LogP contribution is 2.28. The predicted molar refractivity (Wildman–Crippen MR) is 117 cm³/mol. The van der Waals surface area contributed by atoms with E-state index >= 15 is 0 Å². The number of benzene rings is 1. The van der Waals surface area contributed by atoms with E-state index in [2.05, 4.69) is 9.88 Å². The third kappa shape index (κ3) is 3.95. The maximum absolute atomic E-state index is 13.0. The number of piperidine rings is 1. The first-order chi connectivity index (χ1) is 14.4. The van der Waals surface area contributed by atoms with Crippen molar-refractivity contribution in [3.05, 3.63) is 41.6 Å². The number of likely N-dealkylation sites (tertiary alicyclic amines) is 2. The molecule has 0 radical (unpaired) electrons. The van der Waals surface area contributed by atoms with Gasteiger partial charge in [-0.05, 0) is 62.5 Å². The molecule has 158 valence electrons. The lowest BCUT2D eigenvalue weighted by atomic mass is 9.99. The Balaban J connectivity index is 1.47. The number of hydrogen-bond acceptors (Lipinski definition) is 6. The standard InChI is InChI=1S/C22H28N6O2/c23-19-12-14(15-11-18(21(25)29)20(24)26-13-15)3-4-17(19)22(30)28-9-5-16(6-10-28)27-7-1-2-8-27/h3-4,11-13,16H,1-2,5-10,23H2,(H2,24,26)(H2,25,29). The van der Waals surface area contributed by atoms with Crippen LogP contribution >= 0.6 is 0 Å². The lowest BCUT2D eigenvalue weighted by Crippen LogP contribution is -2.46. The number of aromatic nitrogens is 1. The minimum atomic E-state index is -0.640. The van der Waals surface area contributed by atoms with Crippen LogP contribution in [0, 0.1) is 0 Å². The lowest BCUT2D eigenvalue weighted by molar-refractivity contribution is 0.0645. The predicted octanol–water partition coefficient (Wildman–Crippen LogP) is 1.71. The molecule has 2 amide bonds. The summed E-state index contributed by atoms with van der Waals surface area (Å²) in [4.78, 5) is 33.0. The first-order valence-electron chi connectivity index (χ1n) is 10.4. The van der Waals surface area contributed by atoms with Gasteiger partial charge < -0.3 is 27.0 Å². The van der Waals surface area contributed by atoms with Crippen molar-refractivity contribution in [2.24, 2.45) is 5.73 Å². The molecule has 0 unspecified atom stereocenters. The number of pyridine rings is 1. The molecule has 2 aliphatic heterocycles. The van der Waals surface area contributed by atoms with Crippen LogP contribution in [-0.4, -0.2) is 58.8 Å². The minimum absolute atomic E-state index is 0.0350. The maximum Gasteiger partial charge on any atom is 0.255 e. The minimum Gasteiger partial charge on any atom is -0.398 e. The molecule has 2 aliphatic rings. The second-order valence-electron chi connectivity index (χ2n) is 8.09. The van der Waals surface area contributed by atoms with E-state index < -0.39 is 5.91 Å².